The van der Waals surface area contributed by atoms with Crippen molar-refractivity contribution >= 4 is 0 Å². The van der Waals surface area contributed by atoms with Crippen LogP contribution in [0.3, 0.4) is 0 Å². The van der Waals surface area contributed by atoms with Gasteiger partial charge in [-0.2, -0.15) is 0 Å². The standard InChI is InChI=1S/C11H23N3/c1-3-13-8-11(9-13)10-14-6-4-12(2)5-7-14/h11H,3-10H2,1-2H3. The maximum absolute atomic E-state index is 2.64. The average Bonchev–Trinajstić information content (AvgIpc) is 2.13. The van der Waals surface area contributed by atoms with E-state index >= 15 is 0 Å². The average molecular weight is 197 g/mol. The van der Waals surface area contributed by atoms with Crippen molar-refractivity contribution in [3.63, 3.8) is 0 Å². The van der Waals surface area contributed by atoms with E-state index < -0.39 is 0 Å². The maximum atomic E-state index is 2.64. The van der Waals surface area contributed by atoms with E-state index in [1.165, 1.54) is 52.4 Å². The van der Waals surface area contributed by atoms with E-state index in [9.17, 15) is 0 Å². The van der Waals surface area contributed by atoms with Gasteiger partial charge in [0.15, 0.2) is 0 Å². The largest absolute Gasteiger partial charge is 0.304 e. The third kappa shape index (κ3) is 2.47. The lowest BCUT2D eigenvalue weighted by atomic mass is 9.99. The lowest BCUT2D eigenvalue weighted by Gasteiger charge is -2.42. The van der Waals surface area contributed by atoms with E-state index in [1.54, 1.807) is 0 Å². The van der Waals surface area contributed by atoms with Gasteiger partial charge >= 0.3 is 0 Å². The third-order valence-electron chi connectivity index (χ3n) is 3.59. The molecule has 2 aliphatic heterocycles. The minimum absolute atomic E-state index is 0.957. The van der Waals surface area contributed by atoms with Gasteiger partial charge in [0.25, 0.3) is 0 Å². The summed E-state index contributed by atoms with van der Waals surface area (Å²) in [5.41, 5.74) is 0. The Labute approximate surface area is 87.7 Å². The van der Waals surface area contributed by atoms with Gasteiger partial charge in [0.05, 0.1) is 0 Å². The first kappa shape index (κ1) is 10.4. The van der Waals surface area contributed by atoms with Gasteiger partial charge in [-0.3, -0.25) is 0 Å². The molecule has 0 aromatic carbocycles. The molecule has 0 aliphatic carbocycles. The van der Waals surface area contributed by atoms with Crippen LogP contribution >= 0.6 is 0 Å². The summed E-state index contributed by atoms with van der Waals surface area (Å²) < 4.78 is 0. The molecule has 0 bridgehead atoms. The molecule has 0 saturated carbocycles. The summed E-state index contributed by atoms with van der Waals surface area (Å²) in [4.78, 5) is 7.59. The monoisotopic (exact) mass is 197 g/mol. The van der Waals surface area contributed by atoms with Gasteiger partial charge in [-0.15, -0.1) is 0 Å². The molecule has 0 radical (unpaired) electrons. The van der Waals surface area contributed by atoms with Gasteiger partial charge in [-0.05, 0) is 19.5 Å². The van der Waals surface area contributed by atoms with Gasteiger partial charge < -0.3 is 14.7 Å². The Kier molecular flexibility index (Phi) is 3.42. The number of rotatable bonds is 3. The zero-order valence-electron chi connectivity index (χ0n) is 9.58. The highest BCUT2D eigenvalue weighted by molar-refractivity contribution is 4.82. The lowest BCUT2D eigenvalue weighted by Crippen LogP contribution is -2.54. The molecule has 0 aromatic heterocycles. The molecular formula is C11H23N3. The first-order valence-corrected chi connectivity index (χ1v) is 5.91. The highest BCUT2D eigenvalue weighted by Crippen LogP contribution is 2.16. The van der Waals surface area contributed by atoms with Crippen molar-refractivity contribution < 1.29 is 0 Å². The van der Waals surface area contributed by atoms with Gasteiger partial charge in [-0.1, -0.05) is 6.92 Å². The van der Waals surface area contributed by atoms with Crippen LogP contribution in [-0.4, -0.2) is 74.1 Å². The van der Waals surface area contributed by atoms with E-state index in [0.717, 1.165) is 5.92 Å². The maximum Gasteiger partial charge on any atom is 0.0110 e. The van der Waals surface area contributed by atoms with Gasteiger partial charge in [0.1, 0.15) is 0 Å². The molecule has 2 heterocycles. The summed E-state index contributed by atoms with van der Waals surface area (Å²) in [7, 11) is 2.22. The molecule has 3 heteroatoms. The molecule has 0 spiro atoms. The Bertz CT molecular complexity index is 169. The van der Waals surface area contributed by atoms with E-state index in [2.05, 4.69) is 28.7 Å². The van der Waals surface area contributed by atoms with Gasteiger partial charge in [0, 0.05) is 45.8 Å². The van der Waals surface area contributed by atoms with Crippen LogP contribution in [0.1, 0.15) is 6.92 Å². The normalized spacial score (nSPS) is 27.9. The Morgan fingerprint density at radius 2 is 1.64 bits per heavy atom. The zero-order valence-corrected chi connectivity index (χ0v) is 9.58. The molecule has 0 aromatic rings. The number of piperazine rings is 1. The molecule has 0 atom stereocenters. The number of likely N-dealkylation sites (N-methyl/N-ethyl adjacent to an activating group) is 1. The smallest absolute Gasteiger partial charge is 0.0110 e. The number of nitrogens with zero attached hydrogens (tertiary/aromatic N) is 3. The fourth-order valence-corrected chi connectivity index (χ4v) is 2.45. The molecule has 82 valence electrons. The minimum atomic E-state index is 0.957. The summed E-state index contributed by atoms with van der Waals surface area (Å²) in [5, 5.41) is 0. The second-order valence-electron chi connectivity index (χ2n) is 4.82. The quantitative estimate of drug-likeness (QED) is 0.639. The summed E-state index contributed by atoms with van der Waals surface area (Å²) in [6, 6.07) is 0. The molecular weight excluding hydrogens is 174 g/mol. The zero-order chi connectivity index (χ0) is 9.97. The molecule has 2 saturated heterocycles. The van der Waals surface area contributed by atoms with E-state index in [0.29, 0.717) is 0 Å². The van der Waals surface area contributed by atoms with Crippen molar-refractivity contribution in [2.45, 2.75) is 6.92 Å². The van der Waals surface area contributed by atoms with Crippen molar-refractivity contribution in [3.05, 3.63) is 0 Å². The lowest BCUT2D eigenvalue weighted by molar-refractivity contribution is 0.0547. The molecule has 2 fully saturated rings. The molecule has 2 aliphatic rings. The molecule has 3 nitrogen and oxygen atoms in total. The first-order valence-electron chi connectivity index (χ1n) is 5.91. The van der Waals surface area contributed by atoms with Crippen LogP contribution in [0.5, 0.6) is 0 Å². The predicted molar refractivity (Wildman–Crippen MR) is 59.5 cm³/mol. The summed E-state index contributed by atoms with van der Waals surface area (Å²) in [5.74, 6) is 0.957. The number of hydrogen-bond acceptors (Lipinski definition) is 3. The fourth-order valence-electron chi connectivity index (χ4n) is 2.45. The number of hydrogen-bond donors (Lipinski definition) is 0. The Morgan fingerprint density at radius 1 is 1.00 bits per heavy atom. The van der Waals surface area contributed by atoms with Crippen LogP contribution in [0, 0.1) is 5.92 Å². The van der Waals surface area contributed by atoms with Crippen LogP contribution in [0.4, 0.5) is 0 Å². The highest BCUT2D eigenvalue weighted by Gasteiger charge is 2.27. The number of likely N-dealkylation sites (tertiary alicyclic amines) is 1. The van der Waals surface area contributed by atoms with Crippen LogP contribution in [-0.2, 0) is 0 Å². The Morgan fingerprint density at radius 3 is 2.21 bits per heavy atom. The topological polar surface area (TPSA) is 9.72 Å². The second-order valence-corrected chi connectivity index (χ2v) is 4.82. The van der Waals surface area contributed by atoms with E-state index in [-0.39, 0.29) is 0 Å². The third-order valence-corrected chi connectivity index (χ3v) is 3.59. The van der Waals surface area contributed by atoms with Crippen LogP contribution < -0.4 is 0 Å². The van der Waals surface area contributed by atoms with Crippen molar-refractivity contribution in [2.75, 3.05) is 59.4 Å². The van der Waals surface area contributed by atoms with Crippen molar-refractivity contribution in [3.8, 4) is 0 Å². The molecule has 0 unspecified atom stereocenters. The highest BCUT2D eigenvalue weighted by atomic mass is 15.3. The van der Waals surface area contributed by atoms with Crippen molar-refractivity contribution in [1.29, 1.82) is 0 Å². The summed E-state index contributed by atoms with van der Waals surface area (Å²) >= 11 is 0. The molecule has 2 rings (SSSR count). The van der Waals surface area contributed by atoms with Crippen molar-refractivity contribution in [2.24, 2.45) is 5.92 Å². The second kappa shape index (κ2) is 4.60. The molecule has 14 heavy (non-hydrogen) atoms. The molecule has 0 N–H and O–H groups in total. The van der Waals surface area contributed by atoms with Crippen molar-refractivity contribution in [1.82, 2.24) is 14.7 Å². The molecule has 0 amide bonds. The van der Waals surface area contributed by atoms with Crippen LogP contribution in [0.25, 0.3) is 0 Å². The SMILES string of the molecule is CCN1CC(CN2CCN(C)CC2)C1. The minimum Gasteiger partial charge on any atom is -0.304 e. The predicted octanol–water partition coefficient (Wildman–Crippen LogP) is 0.186. The van der Waals surface area contributed by atoms with Crippen LogP contribution in [0.2, 0.25) is 0 Å². The fraction of sp³-hybridized carbons (Fsp3) is 1.00. The summed E-state index contributed by atoms with van der Waals surface area (Å²) in [6.07, 6.45) is 0. The Hall–Kier alpha value is -0.120. The summed E-state index contributed by atoms with van der Waals surface area (Å²) in [6.45, 7) is 12.6. The first-order chi connectivity index (χ1) is 6.78. The van der Waals surface area contributed by atoms with Gasteiger partial charge in [-0.25, -0.2) is 0 Å². The van der Waals surface area contributed by atoms with Gasteiger partial charge in [0.2, 0.25) is 0 Å². The van der Waals surface area contributed by atoms with E-state index in [1.807, 2.05) is 0 Å². The van der Waals surface area contributed by atoms with E-state index in [4.69, 9.17) is 0 Å². The Balaban J connectivity index is 1.62. The van der Waals surface area contributed by atoms with Crippen LogP contribution in [0.15, 0.2) is 0 Å².